The summed E-state index contributed by atoms with van der Waals surface area (Å²) in [7, 11) is 0. The minimum Gasteiger partial charge on any atom is -0.409 e. The molecule has 0 radical (unpaired) electrons. The van der Waals surface area contributed by atoms with Crippen LogP contribution in [0, 0.1) is 5.82 Å². The Labute approximate surface area is 97.9 Å². The van der Waals surface area contributed by atoms with E-state index in [2.05, 4.69) is 10.5 Å². The minimum atomic E-state index is -0.484. The third-order valence-electron chi connectivity index (χ3n) is 1.98. The number of benzene rings is 1. The van der Waals surface area contributed by atoms with Gasteiger partial charge in [0, 0.05) is 18.2 Å². The standard InChI is InChI=1S/C10H13ClFN3O/c1-6(4-10(13)15-16)14-7-2-3-8(11)9(12)5-7/h2-3,5-6,14,16H,4H2,1H3,(H2,13,15). The molecular formula is C10H13ClFN3O. The molecule has 0 bridgehead atoms. The number of hydrogen-bond donors (Lipinski definition) is 3. The number of nitrogens with two attached hydrogens (primary N) is 1. The summed E-state index contributed by atoms with van der Waals surface area (Å²) < 4.78 is 13.1. The summed E-state index contributed by atoms with van der Waals surface area (Å²) in [4.78, 5) is 0. The first-order chi connectivity index (χ1) is 7.52. The number of halogens is 2. The fraction of sp³-hybridized carbons (Fsp3) is 0.300. The van der Waals surface area contributed by atoms with Gasteiger partial charge in [-0.1, -0.05) is 16.8 Å². The molecule has 0 amide bonds. The number of anilines is 1. The highest BCUT2D eigenvalue weighted by Gasteiger charge is 2.06. The monoisotopic (exact) mass is 245 g/mol. The molecule has 1 unspecified atom stereocenters. The molecule has 0 fully saturated rings. The van der Waals surface area contributed by atoms with Crippen LogP contribution in [0.4, 0.5) is 10.1 Å². The van der Waals surface area contributed by atoms with E-state index in [1.54, 1.807) is 6.07 Å². The van der Waals surface area contributed by atoms with E-state index in [1.807, 2.05) is 6.92 Å². The molecule has 88 valence electrons. The number of rotatable bonds is 4. The summed E-state index contributed by atoms with van der Waals surface area (Å²) in [6.45, 7) is 1.84. The van der Waals surface area contributed by atoms with Gasteiger partial charge in [-0.25, -0.2) is 4.39 Å². The highest BCUT2D eigenvalue weighted by Crippen LogP contribution is 2.19. The zero-order chi connectivity index (χ0) is 12.1. The average Bonchev–Trinajstić information content (AvgIpc) is 2.23. The van der Waals surface area contributed by atoms with Gasteiger partial charge in [-0.05, 0) is 25.1 Å². The van der Waals surface area contributed by atoms with Crippen molar-refractivity contribution in [1.29, 1.82) is 0 Å². The summed E-state index contributed by atoms with van der Waals surface area (Å²) in [5.74, 6) is -0.364. The number of nitrogens with zero attached hydrogens (tertiary/aromatic N) is 1. The first-order valence-electron chi connectivity index (χ1n) is 4.71. The van der Waals surface area contributed by atoms with Crippen molar-refractivity contribution in [1.82, 2.24) is 0 Å². The summed E-state index contributed by atoms with van der Waals surface area (Å²) in [5.41, 5.74) is 5.94. The molecule has 6 heteroatoms. The van der Waals surface area contributed by atoms with E-state index in [9.17, 15) is 4.39 Å². The van der Waals surface area contributed by atoms with Gasteiger partial charge in [0.25, 0.3) is 0 Å². The summed E-state index contributed by atoms with van der Waals surface area (Å²) in [6, 6.07) is 4.35. The predicted octanol–water partition coefficient (Wildman–Crippen LogP) is 2.42. The zero-order valence-corrected chi connectivity index (χ0v) is 9.50. The van der Waals surface area contributed by atoms with E-state index < -0.39 is 5.82 Å². The molecule has 4 nitrogen and oxygen atoms in total. The molecule has 0 saturated heterocycles. The van der Waals surface area contributed by atoms with Gasteiger partial charge < -0.3 is 16.3 Å². The number of hydrogen-bond acceptors (Lipinski definition) is 3. The van der Waals surface area contributed by atoms with Crippen molar-refractivity contribution in [2.24, 2.45) is 10.9 Å². The molecule has 0 heterocycles. The van der Waals surface area contributed by atoms with Gasteiger partial charge in [0.05, 0.1) is 5.02 Å². The van der Waals surface area contributed by atoms with Gasteiger partial charge >= 0.3 is 0 Å². The van der Waals surface area contributed by atoms with Crippen molar-refractivity contribution in [3.63, 3.8) is 0 Å². The van der Waals surface area contributed by atoms with Crippen LogP contribution in [0.2, 0.25) is 5.02 Å². The van der Waals surface area contributed by atoms with Gasteiger partial charge in [-0.3, -0.25) is 0 Å². The van der Waals surface area contributed by atoms with Crippen LogP contribution in [0.15, 0.2) is 23.4 Å². The molecule has 0 aromatic heterocycles. The topological polar surface area (TPSA) is 70.6 Å². The van der Waals surface area contributed by atoms with Crippen LogP contribution in [0.25, 0.3) is 0 Å². The maximum absolute atomic E-state index is 13.1. The summed E-state index contributed by atoms with van der Waals surface area (Å²) in [5, 5.41) is 14.3. The van der Waals surface area contributed by atoms with Crippen LogP contribution in [0.1, 0.15) is 13.3 Å². The molecule has 0 aliphatic rings. The third-order valence-corrected chi connectivity index (χ3v) is 2.28. The van der Waals surface area contributed by atoms with Gasteiger partial charge in [0.2, 0.25) is 0 Å². The summed E-state index contributed by atoms with van der Waals surface area (Å²) in [6.07, 6.45) is 0.362. The molecule has 4 N–H and O–H groups in total. The molecule has 16 heavy (non-hydrogen) atoms. The molecule has 0 aliphatic carbocycles. The Morgan fingerprint density at radius 3 is 2.94 bits per heavy atom. The molecular weight excluding hydrogens is 233 g/mol. The number of amidine groups is 1. The second-order valence-electron chi connectivity index (χ2n) is 3.47. The molecule has 1 rings (SSSR count). The number of oxime groups is 1. The highest BCUT2D eigenvalue weighted by molar-refractivity contribution is 6.30. The maximum atomic E-state index is 13.1. The fourth-order valence-corrected chi connectivity index (χ4v) is 1.39. The van der Waals surface area contributed by atoms with Crippen molar-refractivity contribution in [3.05, 3.63) is 29.0 Å². The Morgan fingerprint density at radius 1 is 1.69 bits per heavy atom. The Kier molecular flexibility index (Phi) is 4.37. The van der Waals surface area contributed by atoms with E-state index >= 15 is 0 Å². The van der Waals surface area contributed by atoms with E-state index in [4.69, 9.17) is 22.5 Å². The Bertz CT molecular complexity index is 398. The van der Waals surface area contributed by atoms with Crippen molar-refractivity contribution >= 4 is 23.1 Å². The predicted molar refractivity (Wildman–Crippen MR) is 62.5 cm³/mol. The largest absolute Gasteiger partial charge is 0.409 e. The van der Waals surface area contributed by atoms with E-state index in [-0.39, 0.29) is 16.9 Å². The van der Waals surface area contributed by atoms with Gasteiger partial charge in [0.15, 0.2) is 0 Å². The van der Waals surface area contributed by atoms with Gasteiger partial charge in [0.1, 0.15) is 11.7 Å². The van der Waals surface area contributed by atoms with Gasteiger partial charge in [-0.15, -0.1) is 0 Å². The quantitative estimate of drug-likeness (QED) is 0.330. The van der Waals surface area contributed by atoms with Crippen molar-refractivity contribution in [2.75, 3.05) is 5.32 Å². The van der Waals surface area contributed by atoms with E-state index in [0.29, 0.717) is 12.1 Å². The molecule has 1 atom stereocenters. The minimum absolute atomic E-state index is 0.0727. The van der Waals surface area contributed by atoms with Gasteiger partial charge in [-0.2, -0.15) is 0 Å². The lowest BCUT2D eigenvalue weighted by atomic mass is 10.2. The lowest BCUT2D eigenvalue weighted by molar-refractivity contribution is 0.316. The molecule has 0 saturated carbocycles. The van der Waals surface area contributed by atoms with E-state index in [0.717, 1.165) is 0 Å². The smallest absolute Gasteiger partial charge is 0.143 e. The zero-order valence-electron chi connectivity index (χ0n) is 8.74. The Hall–Kier alpha value is -1.49. The van der Waals surface area contributed by atoms with Crippen LogP contribution >= 0.6 is 11.6 Å². The highest BCUT2D eigenvalue weighted by atomic mass is 35.5. The Balaban J connectivity index is 2.63. The molecule has 0 spiro atoms. The van der Waals surface area contributed by atoms with Crippen LogP contribution in [-0.2, 0) is 0 Å². The van der Waals surface area contributed by atoms with Crippen molar-refractivity contribution in [2.45, 2.75) is 19.4 Å². The first-order valence-corrected chi connectivity index (χ1v) is 5.08. The molecule has 1 aromatic carbocycles. The van der Waals surface area contributed by atoms with Crippen LogP contribution in [0.3, 0.4) is 0 Å². The molecule has 1 aromatic rings. The molecule has 0 aliphatic heterocycles. The Morgan fingerprint density at radius 2 is 2.38 bits per heavy atom. The SMILES string of the molecule is CC(CC(N)=NO)Nc1ccc(Cl)c(F)c1. The van der Waals surface area contributed by atoms with Crippen LogP contribution in [-0.4, -0.2) is 17.1 Å². The average molecular weight is 246 g/mol. The third kappa shape index (κ3) is 3.58. The normalized spacial score (nSPS) is 13.6. The summed E-state index contributed by atoms with van der Waals surface area (Å²) >= 11 is 5.55. The van der Waals surface area contributed by atoms with Crippen molar-refractivity contribution < 1.29 is 9.60 Å². The first kappa shape index (κ1) is 12.6. The van der Waals surface area contributed by atoms with Crippen LogP contribution < -0.4 is 11.1 Å². The lowest BCUT2D eigenvalue weighted by Gasteiger charge is -2.14. The second-order valence-corrected chi connectivity index (χ2v) is 3.88. The second kappa shape index (κ2) is 5.55. The van der Waals surface area contributed by atoms with Crippen LogP contribution in [0.5, 0.6) is 0 Å². The lowest BCUT2D eigenvalue weighted by Crippen LogP contribution is -2.24. The maximum Gasteiger partial charge on any atom is 0.143 e. The number of nitrogens with one attached hydrogen (secondary N) is 1. The van der Waals surface area contributed by atoms with E-state index in [1.165, 1.54) is 12.1 Å². The van der Waals surface area contributed by atoms with Crippen molar-refractivity contribution in [3.8, 4) is 0 Å². The fourth-order valence-electron chi connectivity index (χ4n) is 1.28.